The maximum absolute atomic E-state index is 12.0. The number of sulfonamides is 1. The van der Waals surface area contributed by atoms with Gasteiger partial charge in [-0.25, -0.2) is 13.1 Å². The number of alkyl halides is 3. The lowest BCUT2D eigenvalue weighted by Crippen LogP contribution is -2.54. The fraction of sp³-hybridized carbons (Fsp3) is 1.00. The molecule has 1 rings (SSSR count). The molecule has 1 saturated heterocycles. The molecule has 0 bridgehead atoms. The highest BCUT2D eigenvalue weighted by atomic mass is 32.2. The van der Waals surface area contributed by atoms with Crippen LogP contribution < -0.4 is 10.0 Å². The van der Waals surface area contributed by atoms with E-state index in [0.717, 1.165) is 0 Å². The molecule has 2 N–H and O–H groups in total. The molecule has 4 nitrogen and oxygen atoms in total. The zero-order valence-corrected chi connectivity index (χ0v) is 8.95. The number of piperidine rings is 1. The number of hydrogen-bond donors (Lipinski definition) is 2. The Kier molecular flexibility index (Phi) is 3.62. The summed E-state index contributed by atoms with van der Waals surface area (Å²) in [4.78, 5) is 0. The highest BCUT2D eigenvalue weighted by molar-refractivity contribution is 7.90. The molecule has 0 aromatic carbocycles. The van der Waals surface area contributed by atoms with E-state index in [1.54, 1.807) is 11.6 Å². The monoisotopic (exact) mass is 246 g/mol. The van der Waals surface area contributed by atoms with Gasteiger partial charge in [-0.1, -0.05) is 0 Å². The van der Waals surface area contributed by atoms with Crippen molar-refractivity contribution in [2.45, 2.75) is 37.4 Å². The number of hydrogen-bond acceptors (Lipinski definition) is 3. The van der Waals surface area contributed by atoms with Gasteiger partial charge in [-0.15, -0.1) is 0 Å². The molecule has 0 spiro atoms. The summed E-state index contributed by atoms with van der Waals surface area (Å²) in [5.41, 5.74) is -5.23. The topological polar surface area (TPSA) is 58.2 Å². The van der Waals surface area contributed by atoms with Crippen molar-refractivity contribution in [1.82, 2.24) is 10.0 Å². The maximum atomic E-state index is 12.0. The van der Waals surface area contributed by atoms with Gasteiger partial charge in [-0.2, -0.15) is 13.2 Å². The number of rotatable bonds is 2. The molecule has 2 unspecified atom stereocenters. The second-order valence-electron chi connectivity index (χ2n) is 3.56. The lowest BCUT2D eigenvalue weighted by atomic mass is 10.0. The van der Waals surface area contributed by atoms with Gasteiger partial charge in [0.15, 0.2) is 0 Å². The van der Waals surface area contributed by atoms with Crippen molar-refractivity contribution in [3.8, 4) is 0 Å². The lowest BCUT2D eigenvalue weighted by Gasteiger charge is -2.30. The summed E-state index contributed by atoms with van der Waals surface area (Å²) in [6.45, 7) is 2.36. The predicted molar refractivity (Wildman–Crippen MR) is 48.6 cm³/mol. The molecule has 15 heavy (non-hydrogen) atoms. The molecule has 1 heterocycles. The predicted octanol–water partition coefficient (Wildman–Crippen LogP) is 0.566. The van der Waals surface area contributed by atoms with Crippen molar-refractivity contribution in [1.29, 1.82) is 0 Å². The quantitative estimate of drug-likeness (QED) is 0.748. The third kappa shape index (κ3) is 3.05. The maximum Gasteiger partial charge on any atom is 0.511 e. The first-order chi connectivity index (χ1) is 6.74. The summed E-state index contributed by atoms with van der Waals surface area (Å²) in [5.74, 6) is 0. The summed E-state index contributed by atoms with van der Waals surface area (Å²) in [6, 6.07) is -0.971. The van der Waals surface area contributed by atoms with Crippen LogP contribution in [0, 0.1) is 0 Å². The van der Waals surface area contributed by atoms with Crippen LogP contribution in [0.4, 0.5) is 13.2 Å². The van der Waals surface area contributed by atoms with Crippen LogP contribution in [0.2, 0.25) is 0 Å². The molecular formula is C7H13F3N2O2S. The van der Waals surface area contributed by atoms with Gasteiger partial charge < -0.3 is 5.32 Å². The van der Waals surface area contributed by atoms with E-state index in [1.165, 1.54) is 0 Å². The minimum atomic E-state index is -5.23. The van der Waals surface area contributed by atoms with Gasteiger partial charge in [0.1, 0.15) is 0 Å². The second-order valence-corrected chi connectivity index (χ2v) is 5.26. The third-order valence-electron chi connectivity index (χ3n) is 2.37. The molecule has 1 aliphatic heterocycles. The normalized spacial score (nSPS) is 29.1. The zero-order valence-electron chi connectivity index (χ0n) is 8.13. The molecule has 8 heteroatoms. The van der Waals surface area contributed by atoms with Crippen molar-refractivity contribution in [3.05, 3.63) is 0 Å². The average Bonchev–Trinajstić information content (AvgIpc) is 2.06. The van der Waals surface area contributed by atoms with Gasteiger partial charge in [0, 0.05) is 12.1 Å². The lowest BCUT2D eigenvalue weighted by molar-refractivity contribution is -0.0452. The standard InChI is InChI=1S/C7H13F3N2O2S/c1-5-6(3-2-4-11-5)12-15(13,14)7(8,9)10/h5-6,11-12H,2-4H2,1H3. The highest BCUT2D eigenvalue weighted by Crippen LogP contribution is 2.23. The summed E-state index contributed by atoms with van der Waals surface area (Å²) in [5, 5.41) is 2.91. The van der Waals surface area contributed by atoms with Crippen LogP contribution in [0.3, 0.4) is 0 Å². The first-order valence-corrected chi connectivity index (χ1v) is 6.04. The molecule has 90 valence electrons. The van der Waals surface area contributed by atoms with E-state index in [9.17, 15) is 21.6 Å². The number of nitrogens with one attached hydrogen (secondary N) is 2. The Morgan fingerprint density at radius 2 is 2.00 bits per heavy atom. The van der Waals surface area contributed by atoms with Crippen LogP contribution in [0.5, 0.6) is 0 Å². The van der Waals surface area contributed by atoms with Crippen LogP contribution in [0.15, 0.2) is 0 Å². The minimum Gasteiger partial charge on any atom is -0.313 e. The Morgan fingerprint density at radius 1 is 1.40 bits per heavy atom. The van der Waals surface area contributed by atoms with Crippen LogP contribution in [-0.2, 0) is 10.0 Å². The van der Waals surface area contributed by atoms with Gasteiger partial charge in [0.25, 0.3) is 0 Å². The van der Waals surface area contributed by atoms with Gasteiger partial charge in [-0.3, -0.25) is 0 Å². The Morgan fingerprint density at radius 3 is 2.47 bits per heavy atom. The molecule has 1 fully saturated rings. The van der Waals surface area contributed by atoms with Crippen LogP contribution >= 0.6 is 0 Å². The van der Waals surface area contributed by atoms with E-state index in [2.05, 4.69) is 5.32 Å². The number of halogens is 3. The van der Waals surface area contributed by atoms with Crippen molar-refractivity contribution < 1.29 is 21.6 Å². The summed E-state index contributed by atoms with van der Waals surface area (Å²) >= 11 is 0. The summed E-state index contributed by atoms with van der Waals surface area (Å²) in [6.07, 6.45) is 1.08. The Labute approximate surface area is 86.3 Å². The Hall–Kier alpha value is -0.340. The second kappa shape index (κ2) is 4.26. The van der Waals surface area contributed by atoms with Gasteiger partial charge in [0.05, 0.1) is 0 Å². The zero-order chi connectivity index (χ0) is 11.7. The van der Waals surface area contributed by atoms with Gasteiger partial charge in [-0.05, 0) is 26.3 Å². The summed E-state index contributed by atoms with van der Waals surface area (Å²) < 4.78 is 59.4. The van der Waals surface area contributed by atoms with E-state index in [1.807, 2.05) is 0 Å². The van der Waals surface area contributed by atoms with Gasteiger partial charge >= 0.3 is 15.5 Å². The van der Waals surface area contributed by atoms with E-state index < -0.39 is 21.6 Å². The van der Waals surface area contributed by atoms with E-state index in [-0.39, 0.29) is 6.04 Å². The molecule has 2 atom stereocenters. The molecule has 0 aromatic heterocycles. The van der Waals surface area contributed by atoms with Crippen molar-refractivity contribution in [2.24, 2.45) is 0 Å². The Bertz CT molecular complexity index is 315. The summed E-state index contributed by atoms with van der Waals surface area (Å²) in [7, 11) is -5.22. The Balaban J connectivity index is 2.69. The smallest absolute Gasteiger partial charge is 0.313 e. The van der Waals surface area contributed by atoms with Crippen molar-refractivity contribution in [2.75, 3.05) is 6.54 Å². The van der Waals surface area contributed by atoms with Gasteiger partial charge in [0.2, 0.25) is 0 Å². The fourth-order valence-electron chi connectivity index (χ4n) is 1.47. The first-order valence-electron chi connectivity index (χ1n) is 4.56. The van der Waals surface area contributed by atoms with Crippen LogP contribution in [-0.4, -0.2) is 32.6 Å². The fourth-order valence-corrected chi connectivity index (χ4v) is 2.33. The van der Waals surface area contributed by atoms with Crippen molar-refractivity contribution in [3.63, 3.8) is 0 Å². The van der Waals surface area contributed by atoms with E-state index in [4.69, 9.17) is 0 Å². The van der Waals surface area contributed by atoms with E-state index >= 15 is 0 Å². The molecule has 0 aromatic rings. The molecule has 1 aliphatic rings. The van der Waals surface area contributed by atoms with Crippen LogP contribution in [0.1, 0.15) is 19.8 Å². The van der Waals surface area contributed by atoms with Crippen LogP contribution in [0.25, 0.3) is 0 Å². The third-order valence-corrected chi connectivity index (χ3v) is 3.60. The molecular weight excluding hydrogens is 233 g/mol. The van der Waals surface area contributed by atoms with Crippen molar-refractivity contribution >= 4 is 10.0 Å². The first kappa shape index (κ1) is 12.7. The highest BCUT2D eigenvalue weighted by Gasteiger charge is 2.47. The SMILES string of the molecule is CC1NCCCC1NS(=O)(=O)C(F)(F)F. The molecule has 0 saturated carbocycles. The minimum absolute atomic E-state index is 0.282. The average molecular weight is 246 g/mol. The van der Waals surface area contributed by atoms with E-state index in [0.29, 0.717) is 19.4 Å². The largest absolute Gasteiger partial charge is 0.511 e. The molecule has 0 aliphatic carbocycles. The molecule has 0 amide bonds. The molecule has 0 radical (unpaired) electrons.